The molecule has 3 rings (SSSR count). The van der Waals surface area contributed by atoms with Gasteiger partial charge in [0.15, 0.2) is 9.71 Å². The Morgan fingerprint density at radius 1 is 1.46 bits per heavy atom. The quantitative estimate of drug-likeness (QED) is 0.335. The van der Waals surface area contributed by atoms with Gasteiger partial charge in [0.2, 0.25) is 0 Å². The summed E-state index contributed by atoms with van der Waals surface area (Å²) >= 11 is 4.21. The molecular formula is C14H15N3O4S3. The minimum absolute atomic E-state index is 0.204. The number of carbonyl (C=O) groups is 3. The van der Waals surface area contributed by atoms with Crippen LogP contribution in [0.1, 0.15) is 20.8 Å². The highest BCUT2D eigenvalue weighted by Crippen LogP contribution is 2.40. The van der Waals surface area contributed by atoms with Crippen LogP contribution in [0, 0.1) is 0 Å². The molecule has 0 saturated carbocycles. The summed E-state index contributed by atoms with van der Waals surface area (Å²) in [7, 11) is 0. The zero-order valence-corrected chi connectivity index (χ0v) is 15.7. The predicted molar refractivity (Wildman–Crippen MR) is 91.6 cm³/mol. The second-order valence-corrected chi connectivity index (χ2v) is 9.27. The van der Waals surface area contributed by atoms with Crippen molar-refractivity contribution in [3.63, 3.8) is 0 Å². The van der Waals surface area contributed by atoms with E-state index in [9.17, 15) is 14.4 Å². The summed E-state index contributed by atoms with van der Waals surface area (Å²) in [6, 6.07) is 0. The number of β-lactam (4-membered cyclic amide) rings is 1. The second kappa shape index (κ2) is 6.49. The van der Waals surface area contributed by atoms with Crippen LogP contribution in [0.15, 0.2) is 21.1 Å². The van der Waals surface area contributed by atoms with Gasteiger partial charge in [0, 0.05) is 11.5 Å². The Labute approximate surface area is 151 Å². The van der Waals surface area contributed by atoms with Crippen molar-refractivity contribution in [2.24, 2.45) is 0 Å². The number of thioether (sulfide) groups is 2. The maximum absolute atomic E-state index is 12.6. The molecule has 1 fully saturated rings. The van der Waals surface area contributed by atoms with Gasteiger partial charge in [-0.3, -0.25) is 14.5 Å². The van der Waals surface area contributed by atoms with Gasteiger partial charge in [-0.25, -0.2) is 4.79 Å². The van der Waals surface area contributed by atoms with Gasteiger partial charge in [-0.15, -0.1) is 22.0 Å². The van der Waals surface area contributed by atoms with Crippen molar-refractivity contribution in [2.45, 2.75) is 36.1 Å². The normalized spacial score (nSPS) is 20.8. The second-order valence-electron chi connectivity index (χ2n) is 6.15. The first-order chi connectivity index (χ1) is 11.3. The van der Waals surface area contributed by atoms with Gasteiger partial charge in [0.05, 0.1) is 0 Å². The number of hydrogen-bond donors (Lipinski definition) is 0. The molecule has 128 valence electrons. The van der Waals surface area contributed by atoms with Crippen LogP contribution < -0.4 is 0 Å². The first kappa shape index (κ1) is 17.4. The molecular weight excluding hydrogens is 370 g/mol. The van der Waals surface area contributed by atoms with E-state index in [1.54, 1.807) is 26.3 Å². The molecule has 7 nitrogen and oxygen atoms in total. The fourth-order valence-electron chi connectivity index (χ4n) is 2.22. The number of aromatic nitrogens is 2. The molecule has 0 bridgehead atoms. The van der Waals surface area contributed by atoms with Gasteiger partial charge in [0.25, 0.3) is 11.7 Å². The van der Waals surface area contributed by atoms with E-state index in [0.717, 1.165) is 9.91 Å². The smallest absolute Gasteiger partial charge is 0.355 e. The number of fused-ring (bicyclic) bond motifs is 1. The third-order valence-electron chi connectivity index (χ3n) is 3.18. The molecule has 0 unspecified atom stereocenters. The van der Waals surface area contributed by atoms with Gasteiger partial charge >= 0.3 is 5.97 Å². The van der Waals surface area contributed by atoms with Gasteiger partial charge in [-0.2, -0.15) is 0 Å². The Bertz CT molecular complexity index is 724. The Kier molecular flexibility index (Phi) is 4.71. The van der Waals surface area contributed by atoms with Gasteiger partial charge in [0.1, 0.15) is 16.8 Å². The molecule has 0 radical (unpaired) electrons. The number of hydrogen-bond acceptors (Lipinski definition) is 9. The predicted octanol–water partition coefficient (Wildman–Crippen LogP) is 1.71. The van der Waals surface area contributed by atoms with Crippen molar-refractivity contribution >= 4 is 52.5 Å². The van der Waals surface area contributed by atoms with Crippen molar-refractivity contribution in [2.75, 3.05) is 11.5 Å². The molecule has 1 atom stereocenters. The highest BCUT2D eigenvalue weighted by molar-refractivity contribution is 8.02. The molecule has 2 aliphatic rings. The Morgan fingerprint density at radius 2 is 2.21 bits per heavy atom. The number of Topliss-reactive ketones (excluding diaryl/α,β-unsaturated/α-hetero) is 1. The fourth-order valence-corrected chi connectivity index (χ4v) is 5.05. The molecule has 1 aromatic rings. The molecule has 1 amide bonds. The molecule has 1 saturated heterocycles. The minimum Gasteiger partial charge on any atom is -0.455 e. The summed E-state index contributed by atoms with van der Waals surface area (Å²) in [4.78, 5) is 37.5. The van der Waals surface area contributed by atoms with Crippen molar-refractivity contribution in [3.05, 3.63) is 16.8 Å². The fraction of sp³-hybridized carbons (Fsp3) is 0.500. The topological polar surface area (TPSA) is 89.5 Å². The summed E-state index contributed by atoms with van der Waals surface area (Å²) in [5.74, 6) is -0.688. The SMILES string of the molecule is CC(C)(C)OC(=O)C1=C(CSc2nncs2)CS[C@@H]2C(=O)C(=O)N12. The molecule has 0 N–H and O–H groups in total. The largest absolute Gasteiger partial charge is 0.455 e. The van der Waals surface area contributed by atoms with Crippen LogP contribution in [0.25, 0.3) is 0 Å². The molecule has 2 aliphatic heterocycles. The summed E-state index contributed by atoms with van der Waals surface area (Å²) in [6.45, 7) is 5.29. The Hall–Kier alpha value is -1.39. The number of rotatable bonds is 4. The van der Waals surface area contributed by atoms with Crippen LogP contribution in [0.2, 0.25) is 0 Å². The van der Waals surface area contributed by atoms with Crippen molar-refractivity contribution < 1.29 is 19.1 Å². The number of ketones is 1. The third-order valence-corrected chi connectivity index (χ3v) is 6.38. The maximum Gasteiger partial charge on any atom is 0.355 e. The lowest BCUT2D eigenvalue weighted by Crippen LogP contribution is -2.62. The van der Waals surface area contributed by atoms with Crippen LogP contribution >= 0.6 is 34.9 Å². The molecule has 24 heavy (non-hydrogen) atoms. The van der Waals surface area contributed by atoms with E-state index in [4.69, 9.17) is 4.74 Å². The number of amides is 1. The molecule has 3 heterocycles. The van der Waals surface area contributed by atoms with E-state index in [0.29, 0.717) is 11.5 Å². The standard InChI is InChI=1S/C14H15N3O4S3/c1-14(2,3)21-12(20)8-7(5-23-13-16-15-6-24-13)4-22-11-9(18)10(19)17(8)11/h6,11H,4-5H2,1-3H3/t11-/m1/s1. The van der Waals surface area contributed by atoms with E-state index in [1.165, 1.54) is 39.8 Å². The molecule has 0 aliphatic carbocycles. The molecule has 1 aromatic heterocycles. The van der Waals surface area contributed by atoms with Crippen molar-refractivity contribution in [3.8, 4) is 0 Å². The van der Waals surface area contributed by atoms with Crippen LogP contribution in [0.5, 0.6) is 0 Å². The number of carbonyl (C=O) groups excluding carboxylic acids is 3. The Morgan fingerprint density at radius 3 is 2.83 bits per heavy atom. The summed E-state index contributed by atoms with van der Waals surface area (Å²) in [6.07, 6.45) is 0. The third kappa shape index (κ3) is 3.35. The van der Waals surface area contributed by atoms with Crippen LogP contribution in [0.4, 0.5) is 0 Å². The van der Waals surface area contributed by atoms with Crippen LogP contribution in [-0.4, -0.2) is 55.2 Å². The maximum atomic E-state index is 12.6. The first-order valence-corrected chi connectivity index (χ1v) is 10.0. The van der Waals surface area contributed by atoms with Crippen LogP contribution in [0.3, 0.4) is 0 Å². The average Bonchev–Trinajstić information content (AvgIpc) is 3.02. The van der Waals surface area contributed by atoms with E-state index < -0.39 is 28.6 Å². The zero-order chi connectivity index (χ0) is 17.5. The van der Waals surface area contributed by atoms with Gasteiger partial charge < -0.3 is 4.74 Å². The number of nitrogens with zero attached hydrogens (tertiary/aromatic N) is 3. The van der Waals surface area contributed by atoms with E-state index in [-0.39, 0.29) is 5.70 Å². The summed E-state index contributed by atoms with van der Waals surface area (Å²) in [5, 5.41) is 7.13. The van der Waals surface area contributed by atoms with Crippen molar-refractivity contribution in [1.29, 1.82) is 0 Å². The van der Waals surface area contributed by atoms with E-state index in [2.05, 4.69) is 10.2 Å². The lowest BCUT2D eigenvalue weighted by atomic mass is 10.1. The first-order valence-electron chi connectivity index (χ1n) is 7.11. The molecule has 0 aromatic carbocycles. The summed E-state index contributed by atoms with van der Waals surface area (Å²) < 4.78 is 6.22. The monoisotopic (exact) mass is 385 g/mol. The lowest BCUT2D eigenvalue weighted by molar-refractivity contribution is -0.161. The van der Waals surface area contributed by atoms with E-state index in [1.807, 2.05) is 0 Å². The van der Waals surface area contributed by atoms with Gasteiger partial charge in [-0.1, -0.05) is 23.1 Å². The molecule has 0 spiro atoms. The highest BCUT2D eigenvalue weighted by Gasteiger charge is 2.53. The summed E-state index contributed by atoms with van der Waals surface area (Å²) in [5.41, 5.74) is 1.93. The van der Waals surface area contributed by atoms with E-state index >= 15 is 0 Å². The highest BCUT2D eigenvalue weighted by atomic mass is 32.2. The average molecular weight is 385 g/mol. The lowest BCUT2D eigenvalue weighted by Gasteiger charge is -2.43. The van der Waals surface area contributed by atoms with Crippen LogP contribution in [-0.2, 0) is 19.1 Å². The van der Waals surface area contributed by atoms with Gasteiger partial charge in [-0.05, 0) is 26.3 Å². The number of ether oxygens (including phenoxy) is 1. The number of esters is 1. The Balaban J connectivity index is 1.87. The minimum atomic E-state index is -0.681. The van der Waals surface area contributed by atoms with Crippen molar-refractivity contribution in [1.82, 2.24) is 15.1 Å². The molecule has 10 heteroatoms. The zero-order valence-electron chi connectivity index (χ0n) is 13.3.